The lowest BCUT2D eigenvalue weighted by atomic mass is 9.97. The average Bonchev–Trinajstić information content (AvgIpc) is 3.78. The highest BCUT2D eigenvalue weighted by Gasteiger charge is 2.26. The van der Waals surface area contributed by atoms with Gasteiger partial charge in [-0.3, -0.25) is 9.78 Å². The Morgan fingerprint density at radius 1 is 1.00 bits per heavy atom. The minimum Gasteiger partial charge on any atom is -0.444 e. The third-order valence-corrected chi connectivity index (χ3v) is 9.51. The van der Waals surface area contributed by atoms with Crippen molar-refractivity contribution in [2.75, 3.05) is 40.3 Å². The molecule has 280 valence electrons. The van der Waals surface area contributed by atoms with Gasteiger partial charge in [0.1, 0.15) is 17.0 Å². The normalized spacial score (nSPS) is 14.8. The molecule has 1 saturated heterocycles. The highest BCUT2D eigenvalue weighted by atomic mass is 16.6. The molecule has 1 N–H and O–H groups in total. The molecule has 6 rings (SSSR count). The summed E-state index contributed by atoms with van der Waals surface area (Å²) in [5.74, 6) is 0.386. The Balaban J connectivity index is 1.36. The van der Waals surface area contributed by atoms with Crippen molar-refractivity contribution in [3.63, 3.8) is 0 Å². The molecule has 5 aromatic rings. The zero-order valence-electron chi connectivity index (χ0n) is 32.1. The molecule has 12 heteroatoms. The Bertz CT molecular complexity index is 2020. The number of aromatic nitrogens is 5. The molecule has 2 aromatic carbocycles. The van der Waals surface area contributed by atoms with Gasteiger partial charge in [-0.25, -0.2) is 14.5 Å². The maximum absolute atomic E-state index is 14.0. The Hall–Kier alpha value is -5.07. The van der Waals surface area contributed by atoms with Crippen LogP contribution >= 0.6 is 0 Å². The van der Waals surface area contributed by atoms with Crippen molar-refractivity contribution >= 4 is 22.9 Å². The van der Waals surface area contributed by atoms with Gasteiger partial charge < -0.3 is 29.2 Å². The van der Waals surface area contributed by atoms with Gasteiger partial charge in [0.15, 0.2) is 12.1 Å². The molecule has 4 heterocycles. The van der Waals surface area contributed by atoms with E-state index in [4.69, 9.17) is 19.6 Å². The molecule has 3 aromatic heterocycles. The second kappa shape index (κ2) is 16.3. The SMILES string of the molecule is CCN(Cc1cncc(-c2ccc3c(c2)c(-c2ncc(C(=O)N(CCN(C)C)Cc4ccccc4)[nH]2)nn3C2CCCCO2)c1C)C(=O)OC(C)(C)C. The van der Waals surface area contributed by atoms with Crippen LogP contribution in [0.2, 0.25) is 0 Å². The zero-order chi connectivity index (χ0) is 37.7. The lowest BCUT2D eigenvalue weighted by molar-refractivity contribution is -0.0365. The van der Waals surface area contributed by atoms with E-state index in [9.17, 15) is 9.59 Å². The van der Waals surface area contributed by atoms with Gasteiger partial charge in [-0.2, -0.15) is 5.10 Å². The number of rotatable bonds is 12. The topological polar surface area (TPSA) is 122 Å². The average molecular weight is 721 g/mol. The number of pyridine rings is 1. The summed E-state index contributed by atoms with van der Waals surface area (Å²) in [5.41, 5.74) is 6.29. The lowest BCUT2D eigenvalue weighted by Gasteiger charge is -2.27. The summed E-state index contributed by atoms with van der Waals surface area (Å²) in [4.78, 5) is 45.2. The van der Waals surface area contributed by atoms with Gasteiger partial charge in [0, 0.05) is 56.1 Å². The monoisotopic (exact) mass is 720 g/mol. The van der Waals surface area contributed by atoms with Gasteiger partial charge in [-0.05, 0) is 102 Å². The van der Waals surface area contributed by atoms with Crippen molar-refractivity contribution in [2.24, 2.45) is 0 Å². The first-order valence-corrected chi connectivity index (χ1v) is 18.5. The molecule has 1 unspecified atom stereocenters. The Morgan fingerprint density at radius 2 is 1.79 bits per heavy atom. The van der Waals surface area contributed by atoms with E-state index in [0.29, 0.717) is 50.0 Å². The van der Waals surface area contributed by atoms with Gasteiger partial charge in [0.05, 0.1) is 18.3 Å². The number of ether oxygens (including phenoxy) is 2. The fraction of sp³-hybridized carbons (Fsp3) is 0.439. The molecule has 0 radical (unpaired) electrons. The number of benzene rings is 2. The Morgan fingerprint density at radius 3 is 2.49 bits per heavy atom. The van der Waals surface area contributed by atoms with Crippen LogP contribution in [0.3, 0.4) is 0 Å². The summed E-state index contributed by atoms with van der Waals surface area (Å²) in [6, 6.07) is 16.3. The first-order valence-electron chi connectivity index (χ1n) is 18.5. The van der Waals surface area contributed by atoms with Crippen LogP contribution in [0.1, 0.15) is 80.4 Å². The number of amides is 2. The van der Waals surface area contributed by atoms with E-state index in [-0.39, 0.29) is 18.2 Å². The lowest BCUT2D eigenvalue weighted by Crippen LogP contribution is -2.36. The van der Waals surface area contributed by atoms with Crippen LogP contribution in [0.25, 0.3) is 33.5 Å². The highest BCUT2D eigenvalue weighted by Crippen LogP contribution is 2.36. The Kier molecular flexibility index (Phi) is 11.6. The molecule has 0 aliphatic carbocycles. The highest BCUT2D eigenvalue weighted by molar-refractivity contribution is 5.97. The van der Waals surface area contributed by atoms with Gasteiger partial charge in [-0.1, -0.05) is 36.4 Å². The molecular formula is C41H52N8O4. The van der Waals surface area contributed by atoms with E-state index < -0.39 is 5.60 Å². The van der Waals surface area contributed by atoms with Gasteiger partial charge >= 0.3 is 6.09 Å². The fourth-order valence-electron chi connectivity index (χ4n) is 6.57. The van der Waals surface area contributed by atoms with E-state index in [1.54, 1.807) is 11.1 Å². The maximum Gasteiger partial charge on any atom is 0.410 e. The second-order valence-electron chi connectivity index (χ2n) is 15.0. The molecule has 0 bridgehead atoms. The first-order chi connectivity index (χ1) is 25.4. The van der Waals surface area contributed by atoms with Crippen LogP contribution in [0.5, 0.6) is 0 Å². The van der Waals surface area contributed by atoms with E-state index >= 15 is 0 Å². The summed E-state index contributed by atoms with van der Waals surface area (Å²) in [6.45, 7) is 12.9. The summed E-state index contributed by atoms with van der Waals surface area (Å²) in [5, 5.41) is 5.98. The minimum absolute atomic E-state index is 0.125. The molecule has 1 atom stereocenters. The maximum atomic E-state index is 14.0. The van der Waals surface area contributed by atoms with Gasteiger partial charge in [0.25, 0.3) is 5.91 Å². The van der Waals surface area contributed by atoms with Crippen LogP contribution < -0.4 is 0 Å². The number of carbonyl (C=O) groups excluding carboxylic acids is 2. The third kappa shape index (κ3) is 8.94. The predicted octanol–water partition coefficient (Wildman–Crippen LogP) is 7.46. The number of fused-ring (bicyclic) bond motifs is 1. The fourth-order valence-corrected chi connectivity index (χ4v) is 6.57. The van der Waals surface area contributed by atoms with E-state index in [1.165, 1.54) is 0 Å². The number of carbonyl (C=O) groups is 2. The van der Waals surface area contributed by atoms with Crippen molar-refractivity contribution in [1.29, 1.82) is 0 Å². The number of likely N-dealkylation sites (N-methyl/N-ethyl adjacent to an activating group) is 1. The molecule has 2 amide bonds. The van der Waals surface area contributed by atoms with Crippen LogP contribution in [0, 0.1) is 6.92 Å². The third-order valence-electron chi connectivity index (χ3n) is 9.51. The van der Waals surface area contributed by atoms with Crippen molar-refractivity contribution in [3.8, 4) is 22.6 Å². The number of nitrogens with zero attached hydrogens (tertiary/aromatic N) is 7. The summed E-state index contributed by atoms with van der Waals surface area (Å²) in [6.07, 6.45) is 7.66. The molecule has 1 aliphatic rings. The molecule has 12 nitrogen and oxygen atoms in total. The quantitative estimate of drug-likeness (QED) is 0.141. The second-order valence-corrected chi connectivity index (χ2v) is 15.0. The smallest absolute Gasteiger partial charge is 0.410 e. The van der Waals surface area contributed by atoms with Gasteiger partial charge in [0.2, 0.25) is 0 Å². The van der Waals surface area contributed by atoms with Crippen LogP contribution in [-0.2, 0) is 22.6 Å². The van der Waals surface area contributed by atoms with E-state index in [0.717, 1.165) is 64.5 Å². The van der Waals surface area contributed by atoms with Gasteiger partial charge in [-0.15, -0.1) is 0 Å². The largest absolute Gasteiger partial charge is 0.444 e. The first kappa shape index (κ1) is 37.7. The Labute approximate surface area is 312 Å². The van der Waals surface area contributed by atoms with Crippen molar-refractivity contribution < 1.29 is 19.1 Å². The summed E-state index contributed by atoms with van der Waals surface area (Å²) in [7, 11) is 4.01. The zero-order valence-corrected chi connectivity index (χ0v) is 32.1. The van der Waals surface area contributed by atoms with Crippen LogP contribution in [-0.4, -0.2) is 97.4 Å². The summed E-state index contributed by atoms with van der Waals surface area (Å²) >= 11 is 0. The van der Waals surface area contributed by atoms with Crippen molar-refractivity contribution in [3.05, 3.63) is 89.5 Å². The number of aromatic amines is 1. The number of hydrogen-bond donors (Lipinski definition) is 1. The predicted molar refractivity (Wildman–Crippen MR) is 206 cm³/mol. The minimum atomic E-state index is -0.588. The molecule has 0 spiro atoms. The van der Waals surface area contributed by atoms with Crippen molar-refractivity contribution in [1.82, 2.24) is 39.4 Å². The molecule has 1 fully saturated rings. The molecular weight excluding hydrogens is 669 g/mol. The van der Waals surface area contributed by atoms with Crippen molar-refractivity contribution in [2.45, 2.75) is 78.8 Å². The number of H-pyrrole nitrogens is 1. The van der Waals surface area contributed by atoms with Crippen LogP contribution in [0.15, 0.2) is 67.1 Å². The number of hydrogen-bond acceptors (Lipinski definition) is 8. The standard InChI is InChI=1S/C41H52N8O4/c1-8-47(40(51)53-41(3,4)5)27-31-23-42-24-33(28(31)2)30-17-18-35-32(22-30)37(45-49(35)36-16-12-13-21-52-36)38-43-25-34(44-38)39(50)48(20-19-46(6)7)26-29-14-10-9-11-15-29/h9-11,14-15,17-18,22-25,36H,8,12-13,16,19-21,26-27H2,1-7H3,(H,43,44). The molecule has 53 heavy (non-hydrogen) atoms. The molecule has 1 aliphatic heterocycles. The number of imidazole rings is 1. The molecule has 0 saturated carbocycles. The van der Waals surface area contributed by atoms with E-state index in [2.05, 4.69) is 40.0 Å². The summed E-state index contributed by atoms with van der Waals surface area (Å²) < 4.78 is 13.8. The van der Waals surface area contributed by atoms with Crippen LogP contribution in [0.4, 0.5) is 4.79 Å². The number of nitrogens with one attached hydrogen (secondary N) is 1. The van der Waals surface area contributed by atoms with E-state index in [1.807, 2.05) is 94.1 Å².